The molecule has 0 fully saturated rings. The maximum atomic E-state index is 12.1. The van der Waals surface area contributed by atoms with Gasteiger partial charge in [0.2, 0.25) is 0 Å². The van der Waals surface area contributed by atoms with Crippen LogP contribution in [0.5, 0.6) is 0 Å². The van der Waals surface area contributed by atoms with Gasteiger partial charge in [0.1, 0.15) is 0 Å². The van der Waals surface area contributed by atoms with Gasteiger partial charge in [0.15, 0.2) is 6.61 Å². The molecule has 0 spiro atoms. The molecule has 0 aliphatic rings. The number of hydrogen-bond donors (Lipinski definition) is 1. The van der Waals surface area contributed by atoms with Crippen molar-refractivity contribution >= 4 is 27.8 Å². The molecule has 2 rings (SSSR count). The zero-order chi connectivity index (χ0) is 17.5. The minimum atomic E-state index is -0.567. The summed E-state index contributed by atoms with van der Waals surface area (Å²) in [4.78, 5) is 25.5. The first-order valence-electron chi connectivity index (χ1n) is 7.35. The number of aliphatic hydroxyl groups is 1. The van der Waals surface area contributed by atoms with Crippen molar-refractivity contribution in [2.75, 3.05) is 13.7 Å². The molecule has 1 N–H and O–H groups in total. The molecule has 0 atom stereocenters. The largest absolute Gasteiger partial charge is 0.452 e. The Kier molecular flexibility index (Phi) is 6.52. The van der Waals surface area contributed by atoms with Crippen molar-refractivity contribution < 1.29 is 19.4 Å². The van der Waals surface area contributed by atoms with Crippen LogP contribution in [0.15, 0.2) is 53.0 Å². The normalized spacial score (nSPS) is 10.3. The quantitative estimate of drug-likeness (QED) is 0.768. The van der Waals surface area contributed by atoms with E-state index in [9.17, 15) is 9.59 Å². The van der Waals surface area contributed by atoms with Gasteiger partial charge in [-0.25, -0.2) is 4.79 Å². The summed E-state index contributed by atoms with van der Waals surface area (Å²) in [6.45, 7) is 0.0121. The van der Waals surface area contributed by atoms with Crippen LogP contribution in [0.25, 0.3) is 0 Å². The monoisotopic (exact) mass is 391 g/mol. The number of nitrogens with zero attached hydrogens (tertiary/aromatic N) is 1. The van der Waals surface area contributed by atoms with E-state index in [0.29, 0.717) is 17.7 Å². The van der Waals surface area contributed by atoms with Crippen LogP contribution in [0.4, 0.5) is 0 Å². The molecule has 6 heteroatoms. The van der Waals surface area contributed by atoms with Gasteiger partial charge < -0.3 is 14.7 Å². The van der Waals surface area contributed by atoms with Gasteiger partial charge in [0.25, 0.3) is 5.91 Å². The van der Waals surface area contributed by atoms with Crippen molar-refractivity contribution in [2.45, 2.75) is 13.2 Å². The lowest BCUT2D eigenvalue weighted by Gasteiger charge is -2.18. The van der Waals surface area contributed by atoms with E-state index in [0.717, 1.165) is 10.0 Å². The van der Waals surface area contributed by atoms with Gasteiger partial charge in [0.05, 0.1) is 12.2 Å². The van der Waals surface area contributed by atoms with Crippen LogP contribution in [0.1, 0.15) is 21.5 Å². The minimum Gasteiger partial charge on any atom is -0.452 e. The first-order chi connectivity index (χ1) is 11.5. The van der Waals surface area contributed by atoms with Gasteiger partial charge in [-0.3, -0.25) is 4.79 Å². The topological polar surface area (TPSA) is 66.8 Å². The van der Waals surface area contributed by atoms with Crippen molar-refractivity contribution in [1.29, 1.82) is 0 Å². The van der Waals surface area contributed by atoms with Gasteiger partial charge in [-0.05, 0) is 29.3 Å². The molecule has 24 heavy (non-hydrogen) atoms. The number of halogens is 1. The van der Waals surface area contributed by atoms with Crippen LogP contribution in [0.3, 0.4) is 0 Å². The Morgan fingerprint density at radius 1 is 1.12 bits per heavy atom. The van der Waals surface area contributed by atoms with Crippen molar-refractivity contribution in [3.63, 3.8) is 0 Å². The van der Waals surface area contributed by atoms with Gasteiger partial charge in [0, 0.05) is 18.1 Å². The molecule has 0 heterocycles. The van der Waals surface area contributed by atoms with Gasteiger partial charge >= 0.3 is 5.97 Å². The molecule has 2 aromatic rings. The van der Waals surface area contributed by atoms with Crippen molar-refractivity contribution in [2.24, 2.45) is 0 Å². The molecule has 0 aliphatic carbocycles. The fourth-order valence-corrected chi connectivity index (χ4v) is 2.45. The van der Waals surface area contributed by atoms with E-state index >= 15 is 0 Å². The molecule has 2 aromatic carbocycles. The van der Waals surface area contributed by atoms with Crippen LogP contribution in [0, 0.1) is 0 Å². The van der Waals surface area contributed by atoms with Crippen LogP contribution >= 0.6 is 15.9 Å². The van der Waals surface area contributed by atoms with E-state index in [1.54, 1.807) is 31.3 Å². The number of amides is 1. The zero-order valence-corrected chi connectivity index (χ0v) is 14.8. The van der Waals surface area contributed by atoms with E-state index in [1.165, 1.54) is 4.90 Å². The van der Waals surface area contributed by atoms with Crippen molar-refractivity contribution in [3.05, 3.63) is 69.7 Å². The van der Waals surface area contributed by atoms with Crippen LogP contribution in [-0.2, 0) is 22.7 Å². The van der Waals surface area contributed by atoms with Gasteiger partial charge in [-0.15, -0.1) is 0 Å². The Bertz CT molecular complexity index is 715. The number of aliphatic hydroxyl groups excluding tert-OH is 1. The molecule has 126 valence electrons. The summed E-state index contributed by atoms with van der Waals surface area (Å²) < 4.78 is 5.97. The molecule has 0 aromatic heterocycles. The van der Waals surface area contributed by atoms with Gasteiger partial charge in [-0.2, -0.15) is 0 Å². The Morgan fingerprint density at radius 3 is 2.42 bits per heavy atom. The summed E-state index contributed by atoms with van der Waals surface area (Å²) in [5.41, 5.74) is 2.02. The predicted molar refractivity (Wildman–Crippen MR) is 93.3 cm³/mol. The molecule has 0 saturated heterocycles. The first-order valence-corrected chi connectivity index (χ1v) is 8.15. The summed E-state index contributed by atoms with van der Waals surface area (Å²) in [6.07, 6.45) is 0. The summed E-state index contributed by atoms with van der Waals surface area (Å²) in [6, 6.07) is 14.0. The highest BCUT2D eigenvalue weighted by molar-refractivity contribution is 9.10. The van der Waals surface area contributed by atoms with E-state index in [1.807, 2.05) is 24.3 Å². The second-order valence-corrected chi connectivity index (χ2v) is 6.13. The van der Waals surface area contributed by atoms with E-state index in [2.05, 4.69) is 15.9 Å². The molecule has 1 amide bonds. The summed E-state index contributed by atoms with van der Waals surface area (Å²) in [7, 11) is 1.66. The highest BCUT2D eigenvalue weighted by atomic mass is 79.9. The van der Waals surface area contributed by atoms with Crippen LogP contribution in [0.2, 0.25) is 0 Å². The highest BCUT2D eigenvalue weighted by Crippen LogP contribution is 2.17. The average molecular weight is 392 g/mol. The third-order valence-electron chi connectivity index (χ3n) is 3.49. The number of ether oxygens (including phenoxy) is 1. The minimum absolute atomic E-state index is 0.0896. The molecular formula is C18H18BrNO4. The van der Waals surface area contributed by atoms with E-state index in [4.69, 9.17) is 9.84 Å². The highest BCUT2D eigenvalue weighted by Gasteiger charge is 2.14. The lowest BCUT2D eigenvalue weighted by Crippen LogP contribution is -2.31. The number of benzene rings is 2. The molecule has 0 saturated carbocycles. The number of likely N-dealkylation sites (N-methyl/N-ethyl adjacent to an activating group) is 1. The Labute approximate surface area is 149 Å². The maximum absolute atomic E-state index is 12.1. The smallest absolute Gasteiger partial charge is 0.338 e. The second kappa shape index (κ2) is 8.61. The number of rotatable bonds is 6. The summed E-state index contributed by atoms with van der Waals surface area (Å²) in [5.74, 6) is -0.854. The first kappa shape index (κ1) is 18.2. The number of esters is 1. The molecule has 0 unspecified atom stereocenters. The zero-order valence-electron chi connectivity index (χ0n) is 13.2. The SMILES string of the molecule is CN(Cc1ccccc1Br)C(=O)COC(=O)c1ccc(CO)cc1. The molecule has 0 bridgehead atoms. The fraction of sp³-hybridized carbons (Fsp3) is 0.222. The Morgan fingerprint density at radius 2 is 1.79 bits per heavy atom. The summed E-state index contributed by atoms with van der Waals surface area (Å²) in [5, 5.41) is 8.98. The van der Waals surface area contributed by atoms with Crippen LogP contribution in [-0.4, -0.2) is 35.5 Å². The molecule has 0 aliphatic heterocycles. The van der Waals surface area contributed by atoms with E-state index in [-0.39, 0.29) is 19.1 Å². The number of hydrogen-bond acceptors (Lipinski definition) is 4. The molecule has 5 nitrogen and oxygen atoms in total. The number of carbonyl (C=O) groups is 2. The standard InChI is InChI=1S/C18H18BrNO4/c1-20(10-15-4-2-3-5-16(15)19)17(22)12-24-18(23)14-8-6-13(11-21)7-9-14/h2-9,21H,10-12H2,1H3. The van der Waals surface area contributed by atoms with E-state index < -0.39 is 5.97 Å². The third kappa shape index (κ3) is 4.91. The fourth-order valence-electron chi connectivity index (χ4n) is 2.04. The van der Waals surface area contributed by atoms with Crippen molar-refractivity contribution in [1.82, 2.24) is 4.90 Å². The predicted octanol–water partition coefficient (Wildman–Crippen LogP) is 2.76. The summed E-state index contributed by atoms with van der Waals surface area (Å²) >= 11 is 3.44. The number of carbonyl (C=O) groups excluding carboxylic acids is 2. The van der Waals surface area contributed by atoms with Crippen molar-refractivity contribution in [3.8, 4) is 0 Å². The van der Waals surface area contributed by atoms with Gasteiger partial charge in [-0.1, -0.05) is 46.3 Å². The molecular weight excluding hydrogens is 374 g/mol. The van der Waals surface area contributed by atoms with Crippen LogP contribution < -0.4 is 0 Å². The Balaban J connectivity index is 1.87. The lowest BCUT2D eigenvalue weighted by molar-refractivity contribution is -0.133. The maximum Gasteiger partial charge on any atom is 0.338 e. The second-order valence-electron chi connectivity index (χ2n) is 5.27. The average Bonchev–Trinajstić information content (AvgIpc) is 2.61. The Hall–Kier alpha value is -2.18. The lowest BCUT2D eigenvalue weighted by atomic mass is 10.1. The molecule has 0 radical (unpaired) electrons. The third-order valence-corrected chi connectivity index (χ3v) is 4.26.